The number of anilines is 1. The first kappa shape index (κ1) is 35.2. The number of piperidine rings is 1. The van der Waals surface area contributed by atoms with Crippen LogP contribution in [0.15, 0.2) is 17.1 Å². The van der Waals surface area contributed by atoms with Gasteiger partial charge in [-0.05, 0) is 50.6 Å². The number of unbranched alkanes of at least 4 members (excludes halogenated alkanes) is 9. The van der Waals surface area contributed by atoms with Crippen molar-refractivity contribution in [2.24, 2.45) is 5.92 Å². The van der Waals surface area contributed by atoms with Crippen molar-refractivity contribution >= 4 is 32.7 Å². The zero-order valence-corrected chi connectivity index (χ0v) is 27.5. The molecular weight excluding hydrogens is 601 g/mol. The number of halogens is 1. The Kier molecular flexibility index (Phi) is 12.7. The summed E-state index contributed by atoms with van der Waals surface area (Å²) >= 11 is 0. The van der Waals surface area contributed by atoms with Crippen LogP contribution in [0.5, 0.6) is 5.75 Å². The molecule has 3 heterocycles. The van der Waals surface area contributed by atoms with Crippen LogP contribution < -0.4 is 20.4 Å². The number of nitrogens with zero attached hydrogens (tertiary/aromatic N) is 2. The zero-order valence-electron chi connectivity index (χ0n) is 26.7. The highest BCUT2D eigenvalue weighted by atomic mass is 32.2. The topological polar surface area (TPSA) is 138 Å². The van der Waals surface area contributed by atoms with Gasteiger partial charge in [-0.2, -0.15) is 8.42 Å². The monoisotopic (exact) mass is 651 g/mol. The van der Waals surface area contributed by atoms with Gasteiger partial charge in [0.2, 0.25) is 5.43 Å². The number of hydrogen-bond donors (Lipinski definition) is 3. The van der Waals surface area contributed by atoms with Gasteiger partial charge in [0.05, 0.1) is 23.8 Å². The SMILES string of the molecule is CCCCCCCCCCCCS(=O)(=O)O.COc1c(N2C[C@@H]3CCCN[C@@H]3C2)c(F)cc2c(=O)c(C(=O)O)cn(C3CC3)c12. The Balaban J connectivity index is 0.000000248. The van der Waals surface area contributed by atoms with E-state index < -0.39 is 27.3 Å². The molecule has 1 aromatic heterocycles. The van der Waals surface area contributed by atoms with E-state index in [4.69, 9.17) is 9.29 Å². The lowest BCUT2D eigenvalue weighted by Gasteiger charge is -2.25. The van der Waals surface area contributed by atoms with Gasteiger partial charge in [0, 0.05) is 31.4 Å². The molecule has 3 N–H and O–H groups in total. The summed E-state index contributed by atoms with van der Waals surface area (Å²) in [5, 5.41) is 13.0. The molecule has 1 saturated carbocycles. The normalized spacial score (nSPS) is 19.7. The van der Waals surface area contributed by atoms with Crippen LogP contribution in [0.3, 0.4) is 0 Å². The Morgan fingerprint density at radius 1 is 1.04 bits per heavy atom. The summed E-state index contributed by atoms with van der Waals surface area (Å²) in [6, 6.07) is 1.62. The van der Waals surface area contributed by atoms with Crippen LogP contribution in [0.2, 0.25) is 0 Å². The van der Waals surface area contributed by atoms with Crippen molar-refractivity contribution in [3.05, 3.63) is 33.9 Å². The zero-order chi connectivity index (χ0) is 32.6. The van der Waals surface area contributed by atoms with Crippen molar-refractivity contribution in [3.8, 4) is 5.75 Å². The number of carbonyl (C=O) groups is 1. The Bertz CT molecular complexity index is 1460. The number of rotatable bonds is 15. The number of aromatic nitrogens is 1. The number of aromatic carboxylic acids is 1. The highest BCUT2D eigenvalue weighted by Gasteiger charge is 2.38. The fraction of sp³-hybridized carbons (Fsp3) is 0.697. The summed E-state index contributed by atoms with van der Waals surface area (Å²) in [5.41, 5.74) is -0.155. The number of carboxylic acids is 1. The summed E-state index contributed by atoms with van der Waals surface area (Å²) in [4.78, 5) is 26.4. The van der Waals surface area contributed by atoms with E-state index in [-0.39, 0.29) is 22.7 Å². The van der Waals surface area contributed by atoms with Crippen molar-refractivity contribution < 1.29 is 32.0 Å². The summed E-state index contributed by atoms with van der Waals surface area (Å²) < 4.78 is 52.1. The molecule has 2 saturated heterocycles. The average Bonchev–Trinajstić information content (AvgIpc) is 3.75. The first-order chi connectivity index (χ1) is 21.6. The number of benzene rings is 1. The van der Waals surface area contributed by atoms with Crippen LogP contribution in [-0.4, -0.2) is 67.2 Å². The second-order valence-corrected chi connectivity index (χ2v) is 14.4. The minimum absolute atomic E-state index is 0.0599. The van der Waals surface area contributed by atoms with Crippen LogP contribution >= 0.6 is 0 Å². The second kappa shape index (κ2) is 16.2. The lowest BCUT2D eigenvalue weighted by atomic mass is 9.94. The number of nitrogens with one attached hydrogen (secondary N) is 1. The van der Waals surface area contributed by atoms with Gasteiger partial charge in [-0.3, -0.25) is 9.35 Å². The van der Waals surface area contributed by atoms with Crippen LogP contribution in [0.4, 0.5) is 10.1 Å². The van der Waals surface area contributed by atoms with Gasteiger partial charge in [0.25, 0.3) is 10.1 Å². The summed E-state index contributed by atoms with van der Waals surface area (Å²) in [5.74, 6) is -1.15. The average molecular weight is 652 g/mol. The molecule has 252 valence electrons. The van der Waals surface area contributed by atoms with Crippen LogP contribution in [0.1, 0.15) is 113 Å². The third-order valence-electron chi connectivity index (χ3n) is 9.24. The van der Waals surface area contributed by atoms with Crippen molar-refractivity contribution in [1.82, 2.24) is 9.88 Å². The lowest BCUT2D eigenvalue weighted by molar-refractivity contribution is 0.0694. The molecule has 0 amide bonds. The third kappa shape index (κ3) is 9.42. The van der Waals surface area contributed by atoms with E-state index in [0.717, 1.165) is 51.6 Å². The number of ether oxygens (including phenoxy) is 1. The quantitative estimate of drug-likeness (QED) is 0.153. The molecule has 10 nitrogen and oxygen atoms in total. The van der Waals surface area contributed by atoms with Gasteiger partial charge in [-0.15, -0.1) is 0 Å². The Labute approximate surface area is 266 Å². The van der Waals surface area contributed by atoms with Gasteiger partial charge in [-0.25, -0.2) is 9.18 Å². The molecule has 12 heteroatoms. The molecule has 5 rings (SSSR count). The van der Waals surface area contributed by atoms with E-state index in [1.807, 2.05) is 4.90 Å². The second-order valence-electron chi connectivity index (χ2n) is 12.8. The van der Waals surface area contributed by atoms with Gasteiger partial charge in [0.15, 0.2) is 11.6 Å². The molecule has 1 aromatic carbocycles. The molecule has 2 aromatic rings. The molecule has 0 bridgehead atoms. The molecular formula is C33H50FN3O7S. The number of methoxy groups -OCH3 is 1. The van der Waals surface area contributed by atoms with E-state index in [2.05, 4.69) is 12.2 Å². The smallest absolute Gasteiger partial charge is 0.341 e. The largest absolute Gasteiger partial charge is 0.492 e. The van der Waals surface area contributed by atoms with Gasteiger partial charge < -0.3 is 24.6 Å². The van der Waals surface area contributed by atoms with Gasteiger partial charge in [0.1, 0.15) is 11.3 Å². The Morgan fingerprint density at radius 3 is 2.24 bits per heavy atom. The minimum Gasteiger partial charge on any atom is -0.492 e. The molecule has 2 aliphatic heterocycles. The maximum absolute atomic E-state index is 15.3. The van der Waals surface area contributed by atoms with Crippen molar-refractivity contribution in [2.75, 3.05) is 37.4 Å². The standard InChI is InChI=1S/C21H24FN3O4.C12H26O3S/c1-29-20-17-13(19(26)14(21(27)28)9-25(17)12-4-5-12)7-15(22)18(20)24-8-11-3-2-6-23-16(11)10-24;1-2-3-4-5-6-7-8-9-10-11-12-16(13,14)15/h7,9,11-12,16,23H,2-6,8,10H2,1H3,(H,27,28);2-12H2,1H3,(H,13,14,15)/t11-,16+;/m0./s1. The number of pyridine rings is 1. The number of hydrogen-bond acceptors (Lipinski definition) is 7. The van der Waals surface area contributed by atoms with Gasteiger partial charge >= 0.3 is 5.97 Å². The molecule has 1 aliphatic carbocycles. The molecule has 0 spiro atoms. The molecule has 0 radical (unpaired) electrons. The molecule has 3 aliphatic rings. The predicted molar refractivity (Wildman–Crippen MR) is 175 cm³/mol. The van der Waals surface area contributed by atoms with Crippen molar-refractivity contribution in [3.63, 3.8) is 0 Å². The fourth-order valence-electron chi connectivity index (χ4n) is 6.73. The molecule has 3 fully saturated rings. The van der Waals surface area contributed by atoms with E-state index in [1.54, 1.807) is 4.57 Å². The third-order valence-corrected chi connectivity index (χ3v) is 10.0. The lowest BCUT2D eigenvalue weighted by Crippen LogP contribution is -2.40. The van der Waals surface area contributed by atoms with E-state index >= 15 is 4.39 Å². The number of carboxylic acid groups (broad SMARTS) is 1. The summed E-state index contributed by atoms with van der Waals surface area (Å²) in [6.45, 7) is 4.61. The van der Waals surface area contributed by atoms with E-state index in [1.165, 1.54) is 64.3 Å². The minimum atomic E-state index is -3.73. The van der Waals surface area contributed by atoms with Crippen LogP contribution in [0.25, 0.3) is 10.9 Å². The summed E-state index contributed by atoms with van der Waals surface area (Å²) in [6.07, 6.45) is 17.1. The predicted octanol–water partition coefficient (Wildman–Crippen LogP) is 6.17. The van der Waals surface area contributed by atoms with Crippen molar-refractivity contribution in [1.29, 1.82) is 0 Å². The fourth-order valence-corrected chi connectivity index (χ4v) is 7.29. The highest BCUT2D eigenvalue weighted by molar-refractivity contribution is 7.85. The maximum Gasteiger partial charge on any atom is 0.341 e. The Hall–Kier alpha value is -2.70. The van der Waals surface area contributed by atoms with Gasteiger partial charge in [-0.1, -0.05) is 64.7 Å². The first-order valence-corrected chi connectivity index (χ1v) is 18.3. The van der Waals surface area contributed by atoms with Crippen molar-refractivity contribution in [2.45, 2.75) is 109 Å². The molecule has 2 atom stereocenters. The Morgan fingerprint density at radius 2 is 1.69 bits per heavy atom. The summed E-state index contributed by atoms with van der Waals surface area (Å²) in [7, 11) is -2.25. The number of fused-ring (bicyclic) bond motifs is 2. The van der Waals surface area contributed by atoms with E-state index in [0.29, 0.717) is 41.9 Å². The highest BCUT2D eigenvalue weighted by Crippen LogP contribution is 2.45. The maximum atomic E-state index is 15.3. The first-order valence-electron chi connectivity index (χ1n) is 16.7. The van der Waals surface area contributed by atoms with E-state index in [9.17, 15) is 23.1 Å². The molecule has 45 heavy (non-hydrogen) atoms. The van der Waals surface area contributed by atoms with Crippen LogP contribution in [0, 0.1) is 11.7 Å². The van der Waals surface area contributed by atoms with Crippen LogP contribution in [-0.2, 0) is 10.1 Å². The molecule has 0 unspecified atom stereocenters.